The van der Waals surface area contributed by atoms with E-state index in [4.69, 9.17) is 4.98 Å². The summed E-state index contributed by atoms with van der Waals surface area (Å²) < 4.78 is 0. The Bertz CT molecular complexity index is 456. The summed E-state index contributed by atoms with van der Waals surface area (Å²) in [6.07, 6.45) is 4.58. The first kappa shape index (κ1) is 16.2. The molecule has 1 aliphatic heterocycles. The predicted octanol–water partition coefficient (Wildman–Crippen LogP) is 3.33. The minimum Gasteiger partial charge on any atom is -0.366 e. The zero-order valence-corrected chi connectivity index (χ0v) is 14.2. The molecule has 0 amide bonds. The van der Waals surface area contributed by atoms with Gasteiger partial charge in [0, 0.05) is 25.0 Å². The fraction of sp³-hybridized carbons (Fsp3) is 0.765. The van der Waals surface area contributed by atoms with Gasteiger partial charge in [0.25, 0.3) is 0 Å². The van der Waals surface area contributed by atoms with Crippen LogP contribution in [0.5, 0.6) is 0 Å². The maximum atomic E-state index is 4.83. The van der Waals surface area contributed by atoms with Gasteiger partial charge in [0.1, 0.15) is 5.82 Å². The molecule has 1 fully saturated rings. The Morgan fingerprint density at radius 2 is 2.10 bits per heavy atom. The van der Waals surface area contributed by atoms with Gasteiger partial charge in [-0.2, -0.15) is 0 Å². The van der Waals surface area contributed by atoms with Crippen LogP contribution in [0.25, 0.3) is 0 Å². The third-order valence-electron chi connectivity index (χ3n) is 4.09. The van der Waals surface area contributed by atoms with Crippen molar-refractivity contribution < 1.29 is 0 Å². The van der Waals surface area contributed by atoms with Crippen molar-refractivity contribution in [1.29, 1.82) is 0 Å². The monoisotopic (exact) mass is 290 g/mol. The Hall–Kier alpha value is -1.16. The van der Waals surface area contributed by atoms with Crippen molar-refractivity contribution in [3.63, 3.8) is 0 Å². The molecule has 0 bridgehead atoms. The average Bonchev–Trinajstić information content (AvgIpc) is 2.84. The lowest BCUT2D eigenvalue weighted by molar-refractivity contribution is 0.545. The lowest BCUT2D eigenvalue weighted by Gasteiger charge is -2.26. The maximum absolute atomic E-state index is 4.83. The summed E-state index contributed by atoms with van der Waals surface area (Å²) in [5.74, 6) is 1.98. The molecule has 0 saturated carbocycles. The molecule has 4 heteroatoms. The van der Waals surface area contributed by atoms with Crippen molar-refractivity contribution in [2.45, 2.75) is 66.0 Å². The molecule has 0 aromatic carbocycles. The minimum atomic E-state index is 0.374. The second-order valence-corrected chi connectivity index (χ2v) is 6.92. The molecule has 1 aliphatic rings. The van der Waals surface area contributed by atoms with Crippen molar-refractivity contribution in [3.8, 4) is 0 Å². The van der Waals surface area contributed by atoms with E-state index in [-0.39, 0.29) is 0 Å². The highest BCUT2D eigenvalue weighted by atomic mass is 15.2. The Labute approximate surface area is 129 Å². The molecule has 4 nitrogen and oxygen atoms in total. The Morgan fingerprint density at radius 3 is 2.67 bits per heavy atom. The van der Waals surface area contributed by atoms with Gasteiger partial charge in [-0.3, -0.25) is 0 Å². The number of nitrogens with one attached hydrogen (secondary N) is 1. The van der Waals surface area contributed by atoms with Crippen LogP contribution in [0.2, 0.25) is 0 Å². The normalized spacial score (nSPS) is 19.0. The highest BCUT2D eigenvalue weighted by molar-refractivity contribution is 5.51. The van der Waals surface area contributed by atoms with Crippen LogP contribution in [0.1, 0.15) is 64.9 Å². The van der Waals surface area contributed by atoms with E-state index in [0.29, 0.717) is 17.9 Å². The van der Waals surface area contributed by atoms with Gasteiger partial charge in [0.15, 0.2) is 0 Å². The van der Waals surface area contributed by atoms with Gasteiger partial charge in [-0.25, -0.2) is 9.97 Å². The zero-order valence-electron chi connectivity index (χ0n) is 14.2. The fourth-order valence-corrected chi connectivity index (χ4v) is 2.84. The van der Waals surface area contributed by atoms with Gasteiger partial charge < -0.3 is 10.2 Å². The second kappa shape index (κ2) is 7.21. The molecule has 1 aromatic rings. The quantitative estimate of drug-likeness (QED) is 0.872. The molecular weight excluding hydrogens is 260 g/mol. The van der Waals surface area contributed by atoms with Crippen molar-refractivity contribution in [2.24, 2.45) is 5.92 Å². The van der Waals surface area contributed by atoms with Crippen LogP contribution in [-0.2, 0) is 6.54 Å². The number of aromatic nitrogens is 2. The molecule has 1 atom stereocenters. The second-order valence-electron chi connectivity index (χ2n) is 6.92. The van der Waals surface area contributed by atoms with E-state index in [0.717, 1.165) is 31.2 Å². The van der Waals surface area contributed by atoms with Crippen LogP contribution in [0, 0.1) is 5.92 Å². The Balaban J connectivity index is 2.21. The summed E-state index contributed by atoms with van der Waals surface area (Å²) >= 11 is 0. The van der Waals surface area contributed by atoms with Gasteiger partial charge in [-0.15, -0.1) is 0 Å². The van der Waals surface area contributed by atoms with E-state index in [1.165, 1.54) is 18.5 Å². The maximum Gasteiger partial charge on any atom is 0.131 e. The van der Waals surface area contributed by atoms with Crippen LogP contribution >= 0.6 is 0 Å². The largest absolute Gasteiger partial charge is 0.366 e. The van der Waals surface area contributed by atoms with E-state index >= 15 is 0 Å². The van der Waals surface area contributed by atoms with E-state index in [9.17, 15) is 0 Å². The summed E-state index contributed by atoms with van der Waals surface area (Å²) in [6, 6.07) is 0.599. The molecule has 21 heavy (non-hydrogen) atoms. The zero-order chi connectivity index (χ0) is 15.4. The van der Waals surface area contributed by atoms with Gasteiger partial charge >= 0.3 is 0 Å². The first-order valence-corrected chi connectivity index (χ1v) is 8.32. The first-order chi connectivity index (χ1) is 9.99. The molecule has 0 spiro atoms. The van der Waals surface area contributed by atoms with Crippen LogP contribution in [-0.4, -0.2) is 29.1 Å². The van der Waals surface area contributed by atoms with Gasteiger partial charge in [-0.1, -0.05) is 27.7 Å². The number of hydrogen-bond acceptors (Lipinski definition) is 4. The van der Waals surface area contributed by atoms with E-state index in [1.807, 2.05) is 6.20 Å². The SMILES string of the molecule is CC(C)CNCc1nc(C(C)C)ncc1N1CCCC1C. The van der Waals surface area contributed by atoms with Crippen LogP contribution in [0.3, 0.4) is 0 Å². The van der Waals surface area contributed by atoms with Crippen molar-refractivity contribution in [2.75, 3.05) is 18.0 Å². The van der Waals surface area contributed by atoms with Gasteiger partial charge in [0.2, 0.25) is 0 Å². The molecule has 1 N–H and O–H groups in total. The smallest absolute Gasteiger partial charge is 0.131 e. The van der Waals surface area contributed by atoms with Crippen molar-refractivity contribution in [1.82, 2.24) is 15.3 Å². The third kappa shape index (κ3) is 4.16. The van der Waals surface area contributed by atoms with Gasteiger partial charge in [0.05, 0.1) is 17.6 Å². The summed E-state index contributed by atoms with van der Waals surface area (Å²) in [5, 5.41) is 3.53. The van der Waals surface area contributed by atoms with E-state index < -0.39 is 0 Å². The topological polar surface area (TPSA) is 41.1 Å². The molecule has 0 radical (unpaired) electrons. The minimum absolute atomic E-state index is 0.374. The van der Waals surface area contributed by atoms with E-state index in [1.54, 1.807) is 0 Å². The lowest BCUT2D eigenvalue weighted by Crippen LogP contribution is -2.30. The summed E-state index contributed by atoms with van der Waals surface area (Å²) in [4.78, 5) is 11.9. The standard InChI is InChI=1S/C17H30N4/c1-12(2)9-18-10-15-16(21-8-6-7-14(21)5)11-19-17(20-15)13(3)4/h11-14,18H,6-10H2,1-5H3. The number of nitrogens with zero attached hydrogens (tertiary/aromatic N) is 3. The van der Waals surface area contributed by atoms with Crippen LogP contribution in [0.15, 0.2) is 6.20 Å². The Morgan fingerprint density at radius 1 is 1.33 bits per heavy atom. The number of hydrogen-bond donors (Lipinski definition) is 1. The van der Waals surface area contributed by atoms with E-state index in [2.05, 4.69) is 49.8 Å². The highest BCUT2D eigenvalue weighted by Crippen LogP contribution is 2.28. The Kier molecular flexibility index (Phi) is 5.57. The molecule has 118 valence electrons. The van der Waals surface area contributed by atoms with Crippen LogP contribution in [0.4, 0.5) is 5.69 Å². The van der Waals surface area contributed by atoms with Crippen molar-refractivity contribution >= 4 is 5.69 Å². The average molecular weight is 290 g/mol. The molecule has 0 aliphatic carbocycles. The predicted molar refractivity (Wildman–Crippen MR) is 88.7 cm³/mol. The molecule has 1 saturated heterocycles. The van der Waals surface area contributed by atoms with Crippen LogP contribution < -0.4 is 10.2 Å². The molecule has 1 aromatic heterocycles. The third-order valence-corrected chi connectivity index (χ3v) is 4.09. The molecule has 2 heterocycles. The van der Waals surface area contributed by atoms with Gasteiger partial charge in [-0.05, 0) is 32.2 Å². The highest BCUT2D eigenvalue weighted by Gasteiger charge is 2.24. The summed E-state index contributed by atoms with van der Waals surface area (Å²) in [7, 11) is 0. The summed E-state index contributed by atoms with van der Waals surface area (Å²) in [6.45, 7) is 14.1. The molecular formula is C17H30N4. The summed E-state index contributed by atoms with van der Waals surface area (Å²) in [5.41, 5.74) is 2.38. The van der Waals surface area contributed by atoms with Crippen molar-refractivity contribution in [3.05, 3.63) is 17.7 Å². The fourth-order valence-electron chi connectivity index (χ4n) is 2.84. The lowest BCUT2D eigenvalue weighted by atomic mass is 10.2. The first-order valence-electron chi connectivity index (χ1n) is 8.32. The number of anilines is 1. The molecule has 1 unspecified atom stereocenters. The molecule has 2 rings (SSSR count). The number of rotatable bonds is 6.